The van der Waals surface area contributed by atoms with Crippen molar-refractivity contribution >= 4 is 5.69 Å². The minimum atomic E-state index is -5.13. The van der Waals surface area contributed by atoms with E-state index in [4.69, 9.17) is 5.26 Å². The maximum atomic E-state index is 13.0. The molecule has 0 atom stereocenters. The van der Waals surface area contributed by atoms with Gasteiger partial charge in [0.2, 0.25) is 0 Å². The molecule has 0 aliphatic rings. The van der Waals surface area contributed by atoms with Crippen molar-refractivity contribution in [2.75, 3.05) is 0 Å². The van der Waals surface area contributed by atoms with Crippen LogP contribution in [0.1, 0.15) is 5.69 Å². The highest BCUT2D eigenvalue weighted by Crippen LogP contribution is 2.30. The van der Waals surface area contributed by atoms with Gasteiger partial charge in [-0.2, -0.15) is 9.65 Å². The van der Waals surface area contributed by atoms with Crippen LogP contribution in [0.3, 0.4) is 0 Å². The van der Waals surface area contributed by atoms with E-state index >= 15 is 0 Å². The number of nitriles is 1. The van der Waals surface area contributed by atoms with Gasteiger partial charge in [0.1, 0.15) is 5.69 Å². The SMILES string of the molecule is N#CCc1nc(F)c([N+](=O)[O-])cc1OC(F)(F)F. The van der Waals surface area contributed by atoms with E-state index in [-0.39, 0.29) is 6.07 Å². The number of ether oxygens (including phenoxy) is 1. The van der Waals surface area contributed by atoms with Crippen molar-refractivity contribution in [1.29, 1.82) is 5.26 Å². The molecular weight excluding hydrogens is 262 g/mol. The molecule has 0 saturated heterocycles. The van der Waals surface area contributed by atoms with E-state index in [1.165, 1.54) is 6.07 Å². The molecule has 0 aliphatic heterocycles. The number of aromatic nitrogens is 1. The first-order valence-corrected chi connectivity index (χ1v) is 4.21. The number of nitro groups is 1. The molecule has 1 rings (SSSR count). The zero-order chi connectivity index (χ0) is 13.9. The number of hydrogen-bond acceptors (Lipinski definition) is 5. The van der Waals surface area contributed by atoms with Crippen molar-refractivity contribution in [3.8, 4) is 11.8 Å². The van der Waals surface area contributed by atoms with Gasteiger partial charge in [-0.3, -0.25) is 10.1 Å². The lowest BCUT2D eigenvalue weighted by atomic mass is 10.2. The Morgan fingerprint density at radius 3 is 2.61 bits per heavy atom. The molecule has 0 amide bonds. The molecule has 18 heavy (non-hydrogen) atoms. The van der Waals surface area contributed by atoms with E-state index in [0.717, 1.165) is 0 Å². The lowest BCUT2D eigenvalue weighted by molar-refractivity contribution is -0.388. The Bertz CT molecular complexity index is 524. The number of pyridine rings is 1. The van der Waals surface area contributed by atoms with Gasteiger partial charge in [0, 0.05) is 0 Å². The van der Waals surface area contributed by atoms with E-state index in [0.29, 0.717) is 0 Å². The Morgan fingerprint density at radius 1 is 1.56 bits per heavy atom. The van der Waals surface area contributed by atoms with Gasteiger partial charge in [-0.05, 0) is 0 Å². The minimum Gasteiger partial charge on any atom is -0.404 e. The van der Waals surface area contributed by atoms with E-state index in [1.807, 2.05) is 0 Å². The molecule has 0 spiro atoms. The van der Waals surface area contributed by atoms with Gasteiger partial charge in [0.05, 0.1) is 23.5 Å². The largest absolute Gasteiger partial charge is 0.573 e. The predicted molar refractivity (Wildman–Crippen MR) is 46.8 cm³/mol. The average Bonchev–Trinajstić information content (AvgIpc) is 2.19. The standard InChI is InChI=1S/C8H3F4N3O3/c9-7-5(15(16)17)3-6(18-8(10,11)12)4(14-7)1-2-13/h3H,1H2. The van der Waals surface area contributed by atoms with Gasteiger partial charge in [0.25, 0.3) is 5.95 Å². The zero-order valence-electron chi connectivity index (χ0n) is 8.36. The van der Waals surface area contributed by atoms with Gasteiger partial charge in [-0.25, -0.2) is 4.98 Å². The van der Waals surface area contributed by atoms with Gasteiger partial charge in [-0.1, -0.05) is 0 Å². The minimum absolute atomic E-state index is 0.239. The Balaban J connectivity index is 3.31. The summed E-state index contributed by atoms with van der Waals surface area (Å²) in [5, 5.41) is 18.7. The van der Waals surface area contributed by atoms with Crippen LogP contribution in [0.25, 0.3) is 0 Å². The summed E-state index contributed by atoms with van der Waals surface area (Å²) in [6.07, 6.45) is -5.81. The third-order valence-corrected chi connectivity index (χ3v) is 1.67. The molecule has 0 unspecified atom stereocenters. The summed E-state index contributed by atoms with van der Waals surface area (Å²) < 4.78 is 52.5. The molecule has 0 aromatic carbocycles. The second kappa shape index (κ2) is 4.82. The van der Waals surface area contributed by atoms with Crippen molar-refractivity contribution in [3.63, 3.8) is 0 Å². The first-order chi connectivity index (χ1) is 8.24. The highest BCUT2D eigenvalue weighted by atomic mass is 19.4. The molecule has 0 saturated carbocycles. The van der Waals surface area contributed by atoms with Crippen LogP contribution < -0.4 is 4.74 Å². The normalized spacial score (nSPS) is 10.8. The van der Waals surface area contributed by atoms with Crippen LogP contribution in [-0.2, 0) is 6.42 Å². The fourth-order valence-corrected chi connectivity index (χ4v) is 1.04. The smallest absolute Gasteiger partial charge is 0.404 e. The molecular formula is C8H3F4N3O3. The summed E-state index contributed by atoms with van der Waals surface area (Å²) in [4.78, 5) is 12.0. The van der Waals surface area contributed by atoms with Crippen molar-refractivity contribution in [1.82, 2.24) is 4.98 Å². The second-order valence-corrected chi connectivity index (χ2v) is 2.88. The molecule has 96 valence electrons. The number of halogens is 4. The van der Waals surface area contributed by atoms with E-state index in [2.05, 4.69) is 9.72 Å². The van der Waals surface area contributed by atoms with Crippen LogP contribution in [0.5, 0.6) is 5.75 Å². The van der Waals surface area contributed by atoms with Gasteiger partial charge in [0.15, 0.2) is 5.75 Å². The number of alkyl halides is 3. The Labute approximate surface area is 96.6 Å². The maximum absolute atomic E-state index is 13.0. The summed E-state index contributed by atoms with van der Waals surface area (Å²) in [6, 6.07) is 1.68. The van der Waals surface area contributed by atoms with Gasteiger partial charge in [-0.15, -0.1) is 13.2 Å². The second-order valence-electron chi connectivity index (χ2n) is 2.88. The first-order valence-electron chi connectivity index (χ1n) is 4.21. The summed E-state index contributed by atoms with van der Waals surface area (Å²) >= 11 is 0. The van der Waals surface area contributed by atoms with Gasteiger partial charge < -0.3 is 4.74 Å². The highest BCUT2D eigenvalue weighted by molar-refractivity contribution is 5.41. The summed E-state index contributed by atoms with van der Waals surface area (Å²) in [7, 11) is 0. The Morgan fingerprint density at radius 2 is 2.17 bits per heavy atom. The number of hydrogen-bond donors (Lipinski definition) is 0. The zero-order valence-corrected chi connectivity index (χ0v) is 8.36. The molecule has 10 heteroatoms. The van der Waals surface area contributed by atoms with Crippen LogP contribution in [0.2, 0.25) is 0 Å². The average molecular weight is 265 g/mol. The summed E-state index contributed by atoms with van der Waals surface area (Å²) in [6.45, 7) is 0. The lowest BCUT2D eigenvalue weighted by Gasteiger charge is -2.11. The third kappa shape index (κ3) is 3.27. The fourth-order valence-electron chi connectivity index (χ4n) is 1.04. The Hall–Kier alpha value is -2.44. The molecule has 0 N–H and O–H groups in total. The molecule has 1 aromatic heterocycles. The van der Waals surface area contributed by atoms with Crippen molar-refractivity contribution in [2.45, 2.75) is 12.8 Å². The topological polar surface area (TPSA) is 89.0 Å². The maximum Gasteiger partial charge on any atom is 0.573 e. The summed E-state index contributed by atoms with van der Waals surface area (Å²) in [5.41, 5.74) is -1.94. The Kier molecular flexibility index (Phi) is 3.65. The third-order valence-electron chi connectivity index (χ3n) is 1.67. The van der Waals surface area contributed by atoms with E-state index < -0.39 is 40.8 Å². The van der Waals surface area contributed by atoms with Crippen molar-refractivity contribution < 1.29 is 27.2 Å². The van der Waals surface area contributed by atoms with Crippen LogP contribution in [0.15, 0.2) is 6.07 Å². The molecule has 6 nitrogen and oxygen atoms in total. The van der Waals surface area contributed by atoms with Crippen LogP contribution in [-0.4, -0.2) is 16.3 Å². The summed E-state index contributed by atoms with van der Waals surface area (Å²) in [5.74, 6) is -2.66. The van der Waals surface area contributed by atoms with Crippen molar-refractivity contribution in [2.24, 2.45) is 0 Å². The van der Waals surface area contributed by atoms with Gasteiger partial charge >= 0.3 is 12.0 Å². The molecule has 0 fully saturated rings. The molecule has 1 heterocycles. The van der Waals surface area contributed by atoms with Crippen molar-refractivity contribution in [3.05, 3.63) is 27.8 Å². The van der Waals surface area contributed by atoms with Crippen LogP contribution in [0, 0.1) is 27.4 Å². The molecule has 0 aliphatic carbocycles. The lowest BCUT2D eigenvalue weighted by Crippen LogP contribution is -2.19. The molecule has 0 radical (unpaired) electrons. The highest BCUT2D eigenvalue weighted by Gasteiger charge is 2.34. The fraction of sp³-hybridized carbons (Fsp3) is 0.250. The van der Waals surface area contributed by atoms with E-state index in [9.17, 15) is 27.7 Å². The monoisotopic (exact) mass is 265 g/mol. The van der Waals surface area contributed by atoms with Crippen LogP contribution in [0.4, 0.5) is 23.2 Å². The predicted octanol–water partition coefficient (Wildman–Crippen LogP) is 2.09. The number of nitrogens with zero attached hydrogens (tertiary/aromatic N) is 3. The molecule has 1 aromatic rings. The first kappa shape index (κ1) is 13.6. The van der Waals surface area contributed by atoms with Crippen LogP contribution >= 0.6 is 0 Å². The quantitative estimate of drug-likeness (QED) is 0.361. The molecule has 0 bridgehead atoms. The number of rotatable bonds is 3. The van der Waals surface area contributed by atoms with E-state index in [1.54, 1.807) is 0 Å².